The van der Waals surface area contributed by atoms with E-state index in [-0.39, 0.29) is 11.3 Å². The van der Waals surface area contributed by atoms with E-state index in [4.69, 9.17) is 0 Å². The third-order valence-electron chi connectivity index (χ3n) is 3.59. The number of hydrogen-bond acceptors (Lipinski definition) is 5. The molecule has 0 fully saturated rings. The molecule has 0 unspecified atom stereocenters. The Balaban J connectivity index is 1.86. The van der Waals surface area contributed by atoms with Gasteiger partial charge in [-0.2, -0.15) is 5.10 Å². The van der Waals surface area contributed by atoms with E-state index in [1.807, 2.05) is 36.4 Å². The number of carbonyl (C=O) groups is 1. The molecule has 26 heavy (non-hydrogen) atoms. The molecule has 128 valence electrons. The second kappa shape index (κ2) is 7.80. The fourth-order valence-corrected chi connectivity index (χ4v) is 2.30. The van der Waals surface area contributed by atoms with Crippen LogP contribution in [0.2, 0.25) is 0 Å². The summed E-state index contributed by atoms with van der Waals surface area (Å²) in [6.07, 6.45) is 3.31. The first-order valence-electron chi connectivity index (χ1n) is 7.73. The van der Waals surface area contributed by atoms with Gasteiger partial charge in [-0.15, -0.1) is 0 Å². The summed E-state index contributed by atoms with van der Waals surface area (Å²) in [6.45, 7) is 0. The number of non-ortho nitro benzene ring substituents is 1. The summed E-state index contributed by atoms with van der Waals surface area (Å²) in [6, 6.07) is 18.3. The van der Waals surface area contributed by atoms with Crippen molar-refractivity contribution in [3.8, 4) is 0 Å². The molecule has 0 aliphatic carbocycles. The third-order valence-corrected chi connectivity index (χ3v) is 3.59. The van der Waals surface area contributed by atoms with Crippen molar-refractivity contribution in [3.63, 3.8) is 0 Å². The van der Waals surface area contributed by atoms with Crippen LogP contribution in [0.5, 0.6) is 0 Å². The summed E-state index contributed by atoms with van der Waals surface area (Å²) < 4.78 is 0. The van der Waals surface area contributed by atoms with Crippen molar-refractivity contribution in [1.82, 2.24) is 10.4 Å². The van der Waals surface area contributed by atoms with Gasteiger partial charge in [-0.25, -0.2) is 5.43 Å². The highest BCUT2D eigenvalue weighted by atomic mass is 16.6. The Hall–Kier alpha value is -3.87. The molecule has 7 heteroatoms. The minimum atomic E-state index is -0.518. The zero-order valence-corrected chi connectivity index (χ0v) is 13.6. The van der Waals surface area contributed by atoms with Gasteiger partial charge in [0.1, 0.15) is 0 Å². The molecular weight excluding hydrogens is 332 g/mol. The van der Waals surface area contributed by atoms with Crippen LogP contribution >= 0.6 is 0 Å². The van der Waals surface area contributed by atoms with E-state index in [0.29, 0.717) is 5.71 Å². The van der Waals surface area contributed by atoms with Crippen LogP contribution in [-0.2, 0) is 0 Å². The van der Waals surface area contributed by atoms with Gasteiger partial charge in [0.25, 0.3) is 11.6 Å². The van der Waals surface area contributed by atoms with Crippen molar-refractivity contribution < 1.29 is 9.72 Å². The minimum Gasteiger partial charge on any atom is -0.267 e. The summed E-state index contributed by atoms with van der Waals surface area (Å²) in [5, 5.41) is 14.9. The van der Waals surface area contributed by atoms with Gasteiger partial charge in [0, 0.05) is 41.2 Å². The van der Waals surface area contributed by atoms with Crippen molar-refractivity contribution in [2.75, 3.05) is 0 Å². The standard InChI is InChI=1S/C19H14N4O3/c24-19(15-8-10-17(11-9-15)23(25)26)22-21-18(14-5-2-1-3-6-14)16-7-4-12-20-13-16/h1-13H,(H,22,24)/b21-18-. The van der Waals surface area contributed by atoms with Crippen LogP contribution in [0.1, 0.15) is 21.5 Å². The molecule has 0 saturated carbocycles. The Morgan fingerprint density at radius 3 is 2.23 bits per heavy atom. The number of nitro groups is 1. The number of hydrazone groups is 1. The molecule has 1 aromatic heterocycles. The molecule has 1 amide bonds. The summed E-state index contributed by atoms with van der Waals surface area (Å²) >= 11 is 0. The highest BCUT2D eigenvalue weighted by Gasteiger charge is 2.11. The normalized spacial score (nSPS) is 11.0. The van der Waals surface area contributed by atoms with Crippen LogP contribution in [0.3, 0.4) is 0 Å². The number of nitro benzene ring substituents is 1. The predicted molar refractivity (Wildman–Crippen MR) is 96.9 cm³/mol. The van der Waals surface area contributed by atoms with E-state index in [9.17, 15) is 14.9 Å². The maximum atomic E-state index is 12.3. The summed E-state index contributed by atoms with van der Waals surface area (Å²) in [5.41, 5.74) is 4.83. The molecular formula is C19H14N4O3. The first-order chi connectivity index (χ1) is 12.6. The van der Waals surface area contributed by atoms with Gasteiger partial charge < -0.3 is 0 Å². The molecule has 0 spiro atoms. The number of carbonyl (C=O) groups excluding carboxylic acids is 1. The lowest BCUT2D eigenvalue weighted by atomic mass is 10.0. The second-order valence-corrected chi connectivity index (χ2v) is 5.31. The van der Waals surface area contributed by atoms with Crippen molar-refractivity contribution in [3.05, 3.63) is 106 Å². The summed E-state index contributed by atoms with van der Waals surface area (Å²) in [4.78, 5) is 26.5. The Labute approximate surface area is 149 Å². The topological polar surface area (TPSA) is 97.5 Å². The second-order valence-electron chi connectivity index (χ2n) is 5.31. The van der Waals surface area contributed by atoms with Gasteiger partial charge in [-0.05, 0) is 24.3 Å². The maximum absolute atomic E-state index is 12.3. The predicted octanol–water partition coefficient (Wildman–Crippen LogP) is 3.17. The monoisotopic (exact) mass is 346 g/mol. The fourth-order valence-electron chi connectivity index (χ4n) is 2.30. The van der Waals surface area contributed by atoms with Gasteiger partial charge in [0.05, 0.1) is 10.6 Å². The number of nitrogens with one attached hydrogen (secondary N) is 1. The van der Waals surface area contributed by atoms with Crippen LogP contribution in [-0.4, -0.2) is 21.5 Å². The lowest BCUT2D eigenvalue weighted by Crippen LogP contribution is -2.20. The van der Waals surface area contributed by atoms with Gasteiger partial charge in [-0.1, -0.05) is 30.3 Å². The smallest absolute Gasteiger partial charge is 0.267 e. The van der Waals surface area contributed by atoms with E-state index in [0.717, 1.165) is 11.1 Å². The number of hydrogen-bond donors (Lipinski definition) is 1. The van der Waals surface area contributed by atoms with Gasteiger partial charge >= 0.3 is 0 Å². The quantitative estimate of drug-likeness (QED) is 0.436. The van der Waals surface area contributed by atoms with Crippen molar-refractivity contribution in [2.24, 2.45) is 5.10 Å². The highest BCUT2D eigenvalue weighted by Crippen LogP contribution is 2.12. The van der Waals surface area contributed by atoms with Crippen LogP contribution in [0.4, 0.5) is 5.69 Å². The lowest BCUT2D eigenvalue weighted by molar-refractivity contribution is -0.384. The molecule has 0 atom stereocenters. The van der Waals surface area contributed by atoms with Crippen LogP contribution in [0, 0.1) is 10.1 Å². The third kappa shape index (κ3) is 3.96. The average molecular weight is 346 g/mol. The number of amides is 1. The average Bonchev–Trinajstić information content (AvgIpc) is 2.69. The van der Waals surface area contributed by atoms with Gasteiger partial charge in [0.15, 0.2) is 0 Å². The molecule has 0 aliphatic heterocycles. The van der Waals surface area contributed by atoms with Crippen molar-refractivity contribution >= 4 is 17.3 Å². The largest absolute Gasteiger partial charge is 0.271 e. The minimum absolute atomic E-state index is 0.0783. The van der Waals surface area contributed by atoms with E-state index in [1.165, 1.54) is 24.3 Å². The molecule has 1 heterocycles. The molecule has 3 aromatic rings. The molecule has 0 radical (unpaired) electrons. The van der Waals surface area contributed by atoms with E-state index in [1.54, 1.807) is 18.5 Å². The molecule has 0 saturated heterocycles. The van der Waals surface area contributed by atoms with E-state index < -0.39 is 10.8 Å². The van der Waals surface area contributed by atoms with Gasteiger partial charge in [-0.3, -0.25) is 19.9 Å². The Bertz CT molecular complexity index is 898. The Morgan fingerprint density at radius 1 is 0.923 bits per heavy atom. The zero-order chi connectivity index (χ0) is 18.4. The molecule has 7 nitrogen and oxygen atoms in total. The molecule has 0 bridgehead atoms. The number of nitrogens with zero attached hydrogens (tertiary/aromatic N) is 3. The lowest BCUT2D eigenvalue weighted by Gasteiger charge is -2.07. The number of pyridine rings is 1. The summed E-state index contributed by atoms with van der Waals surface area (Å²) in [7, 11) is 0. The summed E-state index contributed by atoms with van der Waals surface area (Å²) in [5.74, 6) is -0.461. The van der Waals surface area contributed by atoms with Crippen molar-refractivity contribution in [2.45, 2.75) is 0 Å². The van der Waals surface area contributed by atoms with Gasteiger partial charge in [0.2, 0.25) is 0 Å². The van der Waals surface area contributed by atoms with Crippen molar-refractivity contribution in [1.29, 1.82) is 0 Å². The SMILES string of the molecule is O=C(N/N=C(/c1ccccc1)c1cccnc1)c1ccc([N+](=O)[O-])cc1. The Morgan fingerprint density at radius 2 is 1.62 bits per heavy atom. The number of rotatable bonds is 5. The van der Waals surface area contributed by atoms with E-state index >= 15 is 0 Å². The number of benzene rings is 2. The first kappa shape index (κ1) is 17.0. The van der Waals surface area contributed by atoms with E-state index in [2.05, 4.69) is 15.5 Å². The Kier molecular flexibility index (Phi) is 5.09. The fraction of sp³-hybridized carbons (Fsp3) is 0. The maximum Gasteiger partial charge on any atom is 0.271 e. The molecule has 3 rings (SSSR count). The first-order valence-corrected chi connectivity index (χ1v) is 7.73. The highest BCUT2D eigenvalue weighted by molar-refractivity contribution is 6.13. The number of aromatic nitrogens is 1. The molecule has 1 N–H and O–H groups in total. The molecule has 0 aliphatic rings. The molecule has 2 aromatic carbocycles. The van der Waals surface area contributed by atoms with Crippen LogP contribution in [0.25, 0.3) is 0 Å². The van der Waals surface area contributed by atoms with Crippen LogP contribution < -0.4 is 5.43 Å². The van der Waals surface area contributed by atoms with Crippen LogP contribution in [0.15, 0.2) is 84.2 Å². The zero-order valence-electron chi connectivity index (χ0n) is 13.6.